The second-order valence-electron chi connectivity index (χ2n) is 4.41. The van der Waals surface area contributed by atoms with Crippen molar-refractivity contribution in [3.63, 3.8) is 0 Å². The Morgan fingerprint density at radius 1 is 1.43 bits per heavy atom. The number of alkyl halides is 3. The van der Waals surface area contributed by atoms with Crippen molar-refractivity contribution in [3.8, 4) is 0 Å². The normalized spacial score (nSPS) is 21.8. The molecule has 3 heterocycles. The summed E-state index contributed by atoms with van der Waals surface area (Å²) in [5, 5.41) is 10.7. The minimum atomic E-state index is -4.52. The number of hydrogen-bond acceptors (Lipinski definition) is 5. The van der Waals surface area contributed by atoms with E-state index in [4.69, 9.17) is 4.74 Å². The highest BCUT2D eigenvalue weighted by molar-refractivity contribution is 5.40. The number of halogens is 3. The smallest absolute Gasteiger partial charge is 0.386 e. The number of rotatable bonds is 2. The minimum absolute atomic E-state index is 0.226. The van der Waals surface area contributed by atoms with E-state index >= 15 is 0 Å². The van der Waals surface area contributed by atoms with Gasteiger partial charge in [0.25, 0.3) is 0 Å². The summed E-state index contributed by atoms with van der Waals surface area (Å²) < 4.78 is 43.0. The zero-order chi connectivity index (χ0) is 14.9. The molecule has 0 amide bonds. The first-order valence-electron chi connectivity index (χ1n) is 6.15. The molecule has 0 radical (unpaired) electrons. The van der Waals surface area contributed by atoms with Crippen LogP contribution in [0.4, 0.5) is 19.1 Å². The van der Waals surface area contributed by atoms with Gasteiger partial charge in [-0.3, -0.25) is 0 Å². The summed E-state index contributed by atoms with van der Waals surface area (Å²) in [5.41, 5.74) is 0.866. The molecule has 0 aliphatic carbocycles. The van der Waals surface area contributed by atoms with Crippen LogP contribution >= 0.6 is 0 Å². The number of azo groups is 1. The van der Waals surface area contributed by atoms with Gasteiger partial charge in [0.1, 0.15) is 0 Å². The Labute approximate surface area is 117 Å². The maximum atomic E-state index is 12.5. The van der Waals surface area contributed by atoms with Crippen molar-refractivity contribution in [2.45, 2.75) is 12.4 Å². The van der Waals surface area contributed by atoms with Crippen LogP contribution in [0, 0.1) is 0 Å². The first-order chi connectivity index (χ1) is 10.0. The van der Waals surface area contributed by atoms with Crippen LogP contribution < -0.4 is 10.3 Å². The van der Waals surface area contributed by atoms with E-state index in [2.05, 4.69) is 25.5 Å². The zero-order valence-electron chi connectivity index (χ0n) is 10.7. The van der Waals surface area contributed by atoms with Gasteiger partial charge < -0.3 is 10.1 Å². The highest BCUT2D eigenvalue weighted by Crippen LogP contribution is 2.28. The Morgan fingerprint density at radius 2 is 2.29 bits per heavy atom. The molecule has 0 spiro atoms. The number of ether oxygens (including phenoxy) is 1. The van der Waals surface area contributed by atoms with Gasteiger partial charge in [-0.1, -0.05) is 16.2 Å². The number of fused-ring (bicyclic) bond motifs is 1. The average molecular weight is 298 g/mol. The molecule has 110 valence electrons. The number of nitrogens with one attached hydrogen (secondary N) is 2. The molecule has 0 fully saturated rings. The standard InChI is InChI=1S/C12H10F3N5O/c13-12(14,15)9-1-3-17-11(18-9)20-19-10-8-6-16-5-7(8)2-4-21-10/h1-3,6,10,16H,4-5H2/p+1. The SMILES string of the molecule is FC(F)(F)c1cc[nH+]c(N=NC2OCC=C3CNC=C32)n1. The van der Waals surface area contributed by atoms with Gasteiger partial charge in [0.05, 0.1) is 12.8 Å². The van der Waals surface area contributed by atoms with Crippen LogP contribution in [0.15, 0.2) is 45.9 Å². The lowest BCUT2D eigenvalue weighted by molar-refractivity contribution is -0.368. The van der Waals surface area contributed by atoms with Gasteiger partial charge in [-0.2, -0.15) is 13.2 Å². The van der Waals surface area contributed by atoms with Gasteiger partial charge in [-0.25, -0.2) is 4.98 Å². The highest BCUT2D eigenvalue weighted by Gasteiger charge is 2.36. The fourth-order valence-corrected chi connectivity index (χ4v) is 2.01. The van der Waals surface area contributed by atoms with Crippen molar-refractivity contribution in [3.05, 3.63) is 41.4 Å². The monoisotopic (exact) mass is 298 g/mol. The quantitative estimate of drug-likeness (QED) is 0.846. The van der Waals surface area contributed by atoms with Crippen LogP contribution in [0.2, 0.25) is 0 Å². The van der Waals surface area contributed by atoms with E-state index in [0.717, 1.165) is 23.4 Å². The van der Waals surface area contributed by atoms with Crippen LogP contribution in [0.5, 0.6) is 0 Å². The molecule has 1 atom stereocenters. The third-order valence-electron chi connectivity index (χ3n) is 3.00. The fraction of sp³-hybridized carbons (Fsp3) is 0.333. The van der Waals surface area contributed by atoms with Gasteiger partial charge in [0, 0.05) is 29.5 Å². The van der Waals surface area contributed by atoms with Gasteiger partial charge in [-0.05, 0) is 5.57 Å². The topological polar surface area (TPSA) is 73.0 Å². The molecule has 9 heteroatoms. The molecule has 3 rings (SSSR count). The molecule has 1 aromatic heterocycles. The fourth-order valence-electron chi connectivity index (χ4n) is 2.01. The van der Waals surface area contributed by atoms with Crippen molar-refractivity contribution in [1.82, 2.24) is 10.3 Å². The highest BCUT2D eigenvalue weighted by atomic mass is 19.4. The van der Waals surface area contributed by atoms with Crippen LogP contribution in [-0.2, 0) is 10.9 Å². The summed E-state index contributed by atoms with van der Waals surface area (Å²) in [5.74, 6) is -0.226. The molecule has 0 saturated heterocycles. The number of hydrogen-bond donors (Lipinski definition) is 1. The maximum absolute atomic E-state index is 12.5. The Hall–Kier alpha value is -2.29. The van der Waals surface area contributed by atoms with E-state index in [1.165, 1.54) is 0 Å². The lowest BCUT2D eigenvalue weighted by Gasteiger charge is -2.17. The van der Waals surface area contributed by atoms with Crippen molar-refractivity contribution in [2.75, 3.05) is 13.2 Å². The molecule has 0 bridgehead atoms. The van der Waals surface area contributed by atoms with E-state index in [0.29, 0.717) is 13.2 Å². The molecule has 0 aromatic carbocycles. The summed E-state index contributed by atoms with van der Waals surface area (Å²) >= 11 is 0. The molecule has 6 nitrogen and oxygen atoms in total. The van der Waals surface area contributed by atoms with E-state index in [1.807, 2.05) is 6.08 Å². The Morgan fingerprint density at radius 3 is 3.10 bits per heavy atom. The van der Waals surface area contributed by atoms with Crippen LogP contribution in [0.3, 0.4) is 0 Å². The van der Waals surface area contributed by atoms with E-state index in [-0.39, 0.29) is 5.95 Å². The third-order valence-corrected chi connectivity index (χ3v) is 3.00. The summed E-state index contributed by atoms with van der Waals surface area (Å²) in [7, 11) is 0. The Balaban J connectivity index is 1.79. The summed E-state index contributed by atoms with van der Waals surface area (Å²) in [6.07, 6.45) is -0.350. The van der Waals surface area contributed by atoms with Gasteiger partial charge in [0.2, 0.25) is 11.9 Å². The second-order valence-corrected chi connectivity index (χ2v) is 4.41. The second kappa shape index (κ2) is 5.24. The maximum Gasteiger partial charge on any atom is 0.453 e. The number of H-pyrrole nitrogens is 1. The third kappa shape index (κ3) is 2.92. The van der Waals surface area contributed by atoms with Crippen molar-refractivity contribution in [2.24, 2.45) is 10.2 Å². The van der Waals surface area contributed by atoms with E-state index < -0.39 is 18.1 Å². The summed E-state index contributed by atoms with van der Waals surface area (Å²) in [6.45, 7) is 1.08. The minimum Gasteiger partial charge on any atom is -0.386 e. The van der Waals surface area contributed by atoms with Crippen molar-refractivity contribution >= 4 is 5.95 Å². The molecule has 21 heavy (non-hydrogen) atoms. The molecule has 1 unspecified atom stereocenters. The van der Waals surface area contributed by atoms with Gasteiger partial charge in [0.15, 0.2) is 0 Å². The van der Waals surface area contributed by atoms with Gasteiger partial charge in [-0.15, -0.1) is 0 Å². The Kier molecular flexibility index (Phi) is 3.42. The number of aromatic nitrogens is 2. The first-order valence-corrected chi connectivity index (χ1v) is 6.15. The molecule has 0 saturated carbocycles. The Bertz CT molecular complexity index is 638. The molecule has 1 aromatic rings. The predicted molar refractivity (Wildman–Crippen MR) is 64.2 cm³/mol. The van der Waals surface area contributed by atoms with Crippen molar-refractivity contribution < 1.29 is 22.9 Å². The van der Waals surface area contributed by atoms with Crippen LogP contribution in [0.1, 0.15) is 5.69 Å². The molecule has 2 aliphatic heterocycles. The van der Waals surface area contributed by atoms with E-state index in [1.54, 1.807) is 6.20 Å². The lowest BCUT2D eigenvalue weighted by atomic mass is 10.1. The predicted octanol–water partition coefficient (Wildman–Crippen LogP) is 1.77. The van der Waals surface area contributed by atoms with Crippen LogP contribution in [-0.4, -0.2) is 24.4 Å². The van der Waals surface area contributed by atoms with Gasteiger partial charge >= 0.3 is 12.1 Å². The first kappa shape index (κ1) is 13.7. The molecular formula is C12H11F3N5O+. The average Bonchev–Trinajstić information content (AvgIpc) is 2.93. The molecule has 2 aliphatic rings. The molecule has 2 N–H and O–H groups in total. The van der Waals surface area contributed by atoms with E-state index in [9.17, 15) is 13.2 Å². The number of nitrogens with zero attached hydrogens (tertiary/aromatic N) is 3. The number of aromatic amines is 1. The zero-order valence-corrected chi connectivity index (χ0v) is 10.7. The van der Waals surface area contributed by atoms with Crippen LogP contribution in [0.25, 0.3) is 0 Å². The summed E-state index contributed by atoms with van der Waals surface area (Å²) in [4.78, 5) is 5.87. The lowest BCUT2D eigenvalue weighted by Crippen LogP contribution is -2.19. The largest absolute Gasteiger partial charge is 0.453 e. The summed E-state index contributed by atoms with van der Waals surface area (Å²) in [6, 6.07) is 0.834. The molecular weight excluding hydrogens is 287 g/mol. The van der Waals surface area contributed by atoms with Crippen molar-refractivity contribution in [1.29, 1.82) is 0 Å².